The van der Waals surface area contributed by atoms with Crippen LogP contribution in [0.2, 0.25) is 0 Å². The monoisotopic (exact) mass is 380 g/mol. The van der Waals surface area contributed by atoms with Crippen LogP contribution in [0.15, 0.2) is 36.0 Å². The summed E-state index contributed by atoms with van der Waals surface area (Å²) in [5.41, 5.74) is 4.05. The van der Waals surface area contributed by atoms with E-state index in [1.807, 2.05) is 5.38 Å². The highest BCUT2D eigenvalue weighted by Gasteiger charge is 2.42. The number of fused-ring (bicyclic) bond motifs is 2. The third kappa shape index (κ3) is 2.87. The van der Waals surface area contributed by atoms with Crippen molar-refractivity contribution in [2.75, 3.05) is 18.4 Å². The van der Waals surface area contributed by atoms with E-state index in [-0.39, 0.29) is 11.8 Å². The first kappa shape index (κ1) is 17.0. The van der Waals surface area contributed by atoms with Gasteiger partial charge in [-0.1, -0.05) is 19.1 Å². The third-order valence-corrected chi connectivity index (χ3v) is 6.81. The van der Waals surface area contributed by atoms with Crippen LogP contribution >= 0.6 is 11.3 Å². The van der Waals surface area contributed by atoms with Gasteiger partial charge in [0.15, 0.2) is 5.13 Å². The van der Waals surface area contributed by atoms with E-state index in [2.05, 4.69) is 51.5 Å². The first-order valence-corrected chi connectivity index (χ1v) is 10.7. The summed E-state index contributed by atoms with van der Waals surface area (Å²) < 4.78 is 0. The topological polar surface area (TPSA) is 61.0 Å². The molecule has 0 saturated carbocycles. The van der Waals surface area contributed by atoms with Crippen LogP contribution in [0.1, 0.15) is 36.8 Å². The van der Waals surface area contributed by atoms with Gasteiger partial charge in [-0.3, -0.25) is 9.69 Å². The molecule has 1 aromatic carbocycles. The van der Waals surface area contributed by atoms with Gasteiger partial charge in [0.1, 0.15) is 0 Å². The van der Waals surface area contributed by atoms with Gasteiger partial charge >= 0.3 is 0 Å². The summed E-state index contributed by atoms with van der Waals surface area (Å²) in [6.45, 7) is 4.10. The first-order chi connectivity index (χ1) is 13.2. The van der Waals surface area contributed by atoms with Crippen molar-refractivity contribution in [1.29, 1.82) is 0 Å². The molecule has 0 spiro atoms. The molecule has 6 heteroatoms. The Morgan fingerprint density at radius 1 is 1.44 bits per heavy atom. The predicted octanol–water partition coefficient (Wildman–Crippen LogP) is 4.00. The maximum Gasteiger partial charge on any atom is 0.230 e. The number of nitrogens with one attached hydrogen (secondary N) is 2. The Labute approximate surface area is 162 Å². The molecular formula is C21H24N4OS. The Kier molecular flexibility index (Phi) is 4.25. The number of anilines is 1. The molecule has 1 aliphatic heterocycles. The maximum absolute atomic E-state index is 13.0. The molecule has 1 fully saturated rings. The molecule has 3 heterocycles. The van der Waals surface area contributed by atoms with Crippen molar-refractivity contribution in [3.8, 4) is 0 Å². The highest BCUT2D eigenvalue weighted by Crippen LogP contribution is 2.45. The molecule has 2 N–H and O–H groups in total. The Bertz CT molecular complexity index is 964. The number of H-pyrrole nitrogens is 1. The number of thiazole rings is 1. The zero-order valence-electron chi connectivity index (χ0n) is 15.4. The molecule has 0 unspecified atom stereocenters. The Balaban J connectivity index is 1.48. The number of carbonyl (C=O) groups is 1. The van der Waals surface area contributed by atoms with Gasteiger partial charge in [0.25, 0.3) is 0 Å². The molecule has 1 saturated heterocycles. The van der Waals surface area contributed by atoms with Crippen LogP contribution in [0.25, 0.3) is 10.9 Å². The van der Waals surface area contributed by atoms with E-state index in [0.717, 1.165) is 32.4 Å². The van der Waals surface area contributed by atoms with Crippen molar-refractivity contribution in [1.82, 2.24) is 14.9 Å². The SMILES string of the molecule is CCCN1C[C@H](C(=O)Nc2nccs2)C[C@@H]2c3cccc4[nH]cc(c34)C[C@H]21. The van der Waals surface area contributed by atoms with E-state index in [1.54, 1.807) is 6.20 Å². The summed E-state index contributed by atoms with van der Waals surface area (Å²) in [5, 5.41) is 7.00. The number of aromatic amines is 1. The van der Waals surface area contributed by atoms with Gasteiger partial charge in [0.2, 0.25) is 5.91 Å². The number of nitrogens with zero attached hydrogens (tertiary/aromatic N) is 2. The number of hydrogen-bond donors (Lipinski definition) is 2. The minimum Gasteiger partial charge on any atom is -0.361 e. The molecule has 0 radical (unpaired) electrons. The summed E-state index contributed by atoms with van der Waals surface area (Å²) in [5.74, 6) is 0.512. The summed E-state index contributed by atoms with van der Waals surface area (Å²) in [6, 6.07) is 7.05. The van der Waals surface area contributed by atoms with E-state index in [4.69, 9.17) is 0 Å². The van der Waals surface area contributed by atoms with Crippen LogP contribution in [0.5, 0.6) is 0 Å². The summed E-state index contributed by atoms with van der Waals surface area (Å²) in [4.78, 5) is 23.1. The smallest absolute Gasteiger partial charge is 0.230 e. The van der Waals surface area contributed by atoms with Crippen LogP contribution < -0.4 is 5.32 Å². The van der Waals surface area contributed by atoms with E-state index in [1.165, 1.54) is 33.4 Å². The molecule has 1 amide bonds. The van der Waals surface area contributed by atoms with Crippen molar-refractivity contribution in [2.45, 2.75) is 38.1 Å². The van der Waals surface area contributed by atoms with Gasteiger partial charge in [-0.15, -0.1) is 11.3 Å². The second kappa shape index (κ2) is 6.77. The van der Waals surface area contributed by atoms with E-state index in [9.17, 15) is 4.79 Å². The number of piperidine rings is 1. The van der Waals surface area contributed by atoms with Crippen LogP contribution in [-0.4, -0.2) is 39.9 Å². The van der Waals surface area contributed by atoms with Crippen LogP contribution in [0.4, 0.5) is 5.13 Å². The lowest BCUT2D eigenvalue weighted by Crippen LogP contribution is -2.52. The molecule has 3 aromatic rings. The highest BCUT2D eigenvalue weighted by atomic mass is 32.1. The van der Waals surface area contributed by atoms with Crippen molar-refractivity contribution in [2.24, 2.45) is 5.92 Å². The third-order valence-electron chi connectivity index (χ3n) is 6.12. The summed E-state index contributed by atoms with van der Waals surface area (Å²) in [6.07, 6.45) is 6.99. The van der Waals surface area contributed by atoms with Gasteiger partial charge < -0.3 is 10.3 Å². The minimum atomic E-state index is -0.00236. The zero-order valence-corrected chi connectivity index (χ0v) is 16.3. The standard InChI is InChI=1S/C21H24N4OS/c1-2-7-25-12-14(20(26)24-21-22-6-8-27-21)9-16-15-4-3-5-17-19(15)13(11-23-17)10-18(16)25/h3-6,8,11,14,16,18,23H,2,7,9-10,12H2,1H3,(H,22,24,26)/t14-,16-,18-/m1/s1. The Hall–Kier alpha value is -2.18. The molecule has 2 aromatic heterocycles. The Morgan fingerprint density at radius 2 is 2.37 bits per heavy atom. The number of amides is 1. The fraction of sp³-hybridized carbons (Fsp3) is 0.429. The van der Waals surface area contributed by atoms with Gasteiger partial charge in [0, 0.05) is 47.2 Å². The molecule has 2 aliphatic rings. The number of carbonyl (C=O) groups excluding carboxylic acids is 1. The van der Waals surface area contributed by atoms with Crippen molar-refractivity contribution >= 4 is 33.3 Å². The average molecular weight is 381 g/mol. The molecule has 1 aliphatic carbocycles. The van der Waals surface area contributed by atoms with Crippen molar-refractivity contribution < 1.29 is 4.79 Å². The van der Waals surface area contributed by atoms with Gasteiger partial charge in [-0.2, -0.15) is 0 Å². The first-order valence-electron chi connectivity index (χ1n) is 9.78. The van der Waals surface area contributed by atoms with Crippen molar-refractivity contribution in [3.05, 3.63) is 47.1 Å². The van der Waals surface area contributed by atoms with Crippen LogP contribution in [-0.2, 0) is 11.2 Å². The molecule has 5 rings (SSSR count). The largest absolute Gasteiger partial charge is 0.361 e. The molecule has 140 valence electrons. The van der Waals surface area contributed by atoms with E-state index < -0.39 is 0 Å². The van der Waals surface area contributed by atoms with Gasteiger partial charge in [-0.05, 0) is 43.0 Å². The number of likely N-dealkylation sites (tertiary alicyclic amines) is 1. The molecule has 27 heavy (non-hydrogen) atoms. The lowest BCUT2D eigenvalue weighted by atomic mass is 9.72. The lowest BCUT2D eigenvalue weighted by Gasteiger charge is -2.46. The zero-order chi connectivity index (χ0) is 18.4. The summed E-state index contributed by atoms with van der Waals surface area (Å²) in [7, 11) is 0. The highest BCUT2D eigenvalue weighted by molar-refractivity contribution is 7.13. The lowest BCUT2D eigenvalue weighted by molar-refractivity contribution is -0.122. The number of benzene rings is 1. The van der Waals surface area contributed by atoms with Crippen molar-refractivity contribution in [3.63, 3.8) is 0 Å². The summed E-state index contributed by atoms with van der Waals surface area (Å²) >= 11 is 1.48. The number of rotatable bonds is 4. The second-order valence-corrected chi connectivity index (χ2v) is 8.61. The second-order valence-electron chi connectivity index (χ2n) is 7.72. The quantitative estimate of drug-likeness (QED) is 0.719. The van der Waals surface area contributed by atoms with Crippen LogP contribution in [0, 0.1) is 5.92 Å². The normalized spacial score (nSPS) is 24.7. The molecule has 0 bridgehead atoms. The fourth-order valence-electron chi connectivity index (χ4n) is 5.02. The van der Waals surface area contributed by atoms with Crippen LogP contribution in [0.3, 0.4) is 0 Å². The average Bonchev–Trinajstić information content (AvgIpc) is 3.33. The Morgan fingerprint density at radius 3 is 3.19 bits per heavy atom. The molecule has 3 atom stereocenters. The fourth-order valence-corrected chi connectivity index (χ4v) is 5.56. The maximum atomic E-state index is 13.0. The molecule has 5 nitrogen and oxygen atoms in total. The molecular weight excluding hydrogens is 356 g/mol. The van der Waals surface area contributed by atoms with Gasteiger partial charge in [0.05, 0.1) is 5.92 Å². The predicted molar refractivity (Wildman–Crippen MR) is 109 cm³/mol. The van der Waals surface area contributed by atoms with E-state index >= 15 is 0 Å². The van der Waals surface area contributed by atoms with E-state index in [0.29, 0.717) is 17.1 Å². The number of aromatic nitrogens is 2. The minimum absolute atomic E-state index is 0.00236. The van der Waals surface area contributed by atoms with Gasteiger partial charge in [-0.25, -0.2) is 4.98 Å². The number of hydrogen-bond acceptors (Lipinski definition) is 4.